The number of hydrogen-bond donors (Lipinski definition) is 1. The molecule has 1 heterocycles. The second kappa shape index (κ2) is 7.29. The number of piperidine rings is 1. The van der Waals surface area contributed by atoms with Crippen molar-refractivity contribution >= 4 is 18.5 Å². The van der Waals surface area contributed by atoms with E-state index in [4.69, 9.17) is 9.47 Å². The molecule has 2 atom stereocenters. The van der Waals surface area contributed by atoms with Crippen LogP contribution in [0.2, 0.25) is 0 Å². The Bertz CT molecular complexity index is 422. The minimum atomic E-state index is -0.747. The molecular weight excluding hydrogens is 300 g/mol. The molecule has 0 unspecified atom stereocenters. The van der Waals surface area contributed by atoms with Crippen molar-refractivity contribution in [2.75, 3.05) is 6.54 Å². The van der Waals surface area contributed by atoms with Crippen LogP contribution < -0.4 is 5.32 Å². The van der Waals surface area contributed by atoms with E-state index < -0.39 is 29.4 Å². The maximum absolute atomic E-state index is 12.5. The highest BCUT2D eigenvalue weighted by molar-refractivity contribution is 5.88. The van der Waals surface area contributed by atoms with Crippen LogP contribution in [0.25, 0.3) is 0 Å². The van der Waals surface area contributed by atoms with E-state index in [-0.39, 0.29) is 6.04 Å². The zero-order valence-electron chi connectivity index (χ0n) is 14.8. The number of hydrogen-bond acceptors (Lipinski definition) is 6. The normalized spacial score (nSPS) is 22.2. The molecule has 132 valence electrons. The summed E-state index contributed by atoms with van der Waals surface area (Å²) in [6.07, 6.45) is 0.186. The minimum Gasteiger partial charge on any atom is -0.443 e. The van der Waals surface area contributed by atoms with Crippen LogP contribution >= 0.6 is 0 Å². The summed E-state index contributed by atoms with van der Waals surface area (Å²) in [6, 6.07) is -0.822. The molecule has 0 bridgehead atoms. The molecule has 7 heteroatoms. The fraction of sp³-hybridized carbons (Fsp3) is 0.812. The quantitative estimate of drug-likeness (QED) is 0.784. The van der Waals surface area contributed by atoms with Crippen molar-refractivity contribution in [1.82, 2.24) is 10.2 Å². The second-order valence-corrected chi connectivity index (χ2v) is 7.71. The second-order valence-electron chi connectivity index (χ2n) is 7.71. The number of carbonyl (C=O) groups is 3. The first-order valence-electron chi connectivity index (χ1n) is 7.87. The maximum atomic E-state index is 12.5. The summed E-state index contributed by atoms with van der Waals surface area (Å²) >= 11 is 0. The summed E-state index contributed by atoms with van der Waals surface area (Å²) in [7, 11) is 0. The number of imide groups is 1. The van der Waals surface area contributed by atoms with Crippen LogP contribution in [0.15, 0.2) is 0 Å². The molecule has 2 amide bonds. The van der Waals surface area contributed by atoms with Crippen molar-refractivity contribution in [1.29, 1.82) is 0 Å². The van der Waals surface area contributed by atoms with Crippen LogP contribution in [-0.2, 0) is 14.3 Å². The first-order chi connectivity index (χ1) is 10.4. The molecule has 0 aromatic heterocycles. The monoisotopic (exact) mass is 328 g/mol. The van der Waals surface area contributed by atoms with E-state index in [1.165, 1.54) is 0 Å². The summed E-state index contributed by atoms with van der Waals surface area (Å²) < 4.78 is 10.7. The SMILES string of the molecule is CC(C)(C)OC(=O)N(C(=O)OC(C)(C)C)[C@@H]1CCN[C@@H](C=O)C1. The fourth-order valence-electron chi connectivity index (χ4n) is 2.26. The lowest BCUT2D eigenvalue weighted by molar-refractivity contribution is -0.110. The number of rotatable bonds is 2. The molecule has 0 radical (unpaired) electrons. The predicted molar refractivity (Wildman–Crippen MR) is 85.2 cm³/mol. The van der Waals surface area contributed by atoms with E-state index in [9.17, 15) is 14.4 Å². The van der Waals surface area contributed by atoms with E-state index in [2.05, 4.69) is 5.32 Å². The van der Waals surface area contributed by atoms with Gasteiger partial charge < -0.3 is 19.6 Å². The van der Waals surface area contributed by atoms with Crippen molar-refractivity contribution in [2.45, 2.75) is 77.7 Å². The first-order valence-corrected chi connectivity index (χ1v) is 7.87. The van der Waals surface area contributed by atoms with Crippen molar-refractivity contribution in [3.8, 4) is 0 Å². The Kier molecular flexibility index (Phi) is 6.16. The first kappa shape index (κ1) is 19.4. The van der Waals surface area contributed by atoms with Gasteiger partial charge in [-0.1, -0.05) is 0 Å². The van der Waals surface area contributed by atoms with Gasteiger partial charge in [-0.15, -0.1) is 0 Å². The Morgan fingerprint density at radius 1 is 1.04 bits per heavy atom. The van der Waals surface area contributed by atoms with Crippen LogP contribution in [0, 0.1) is 0 Å². The summed E-state index contributed by atoms with van der Waals surface area (Å²) in [6.45, 7) is 10.9. The fourth-order valence-corrected chi connectivity index (χ4v) is 2.26. The Labute approximate surface area is 137 Å². The predicted octanol–water partition coefficient (Wildman–Crippen LogP) is 2.48. The van der Waals surface area contributed by atoms with Crippen molar-refractivity contribution in [3.05, 3.63) is 0 Å². The highest BCUT2D eigenvalue weighted by atomic mass is 16.6. The highest BCUT2D eigenvalue weighted by Crippen LogP contribution is 2.22. The molecule has 1 fully saturated rings. The molecule has 1 rings (SSSR count). The molecule has 1 aliphatic rings. The van der Waals surface area contributed by atoms with Gasteiger partial charge in [0.05, 0.1) is 6.04 Å². The topological polar surface area (TPSA) is 84.9 Å². The number of nitrogens with one attached hydrogen (secondary N) is 1. The Hall–Kier alpha value is -1.63. The summed E-state index contributed by atoms with van der Waals surface area (Å²) in [5, 5.41) is 3.03. The van der Waals surface area contributed by atoms with Gasteiger partial charge in [0.15, 0.2) is 0 Å². The molecule has 0 aromatic carbocycles. The molecule has 1 aliphatic heterocycles. The number of carbonyl (C=O) groups excluding carboxylic acids is 3. The van der Waals surface area contributed by atoms with E-state index in [1.54, 1.807) is 41.5 Å². The van der Waals surface area contributed by atoms with Crippen molar-refractivity contribution in [2.24, 2.45) is 0 Å². The Morgan fingerprint density at radius 2 is 1.52 bits per heavy atom. The number of ether oxygens (including phenoxy) is 2. The van der Waals surface area contributed by atoms with Crippen LogP contribution in [0.1, 0.15) is 54.4 Å². The smallest absolute Gasteiger partial charge is 0.420 e. The Balaban J connectivity index is 2.98. The lowest BCUT2D eigenvalue weighted by atomic mass is 9.99. The van der Waals surface area contributed by atoms with E-state index in [0.29, 0.717) is 19.4 Å². The molecular formula is C16H28N2O5. The van der Waals surface area contributed by atoms with E-state index in [1.807, 2.05) is 0 Å². The third-order valence-electron chi connectivity index (χ3n) is 3.12. The summed E-state index contributed by atoms with van der Waals surface area (Å²) in [4.78, 5) is 37.0. The molecule has 0 aromatic rings. The Morgan fingerprint density at radius 3 is 1.91 bits per heavy atom. The average Bonchev–Trinajstić information content (AvgIpc) is 2.34. The number of aldehydes is 1. The van der Waals surface area contributed by atoms with Gasteiger partial charge in [-0.05, 0) is 60.9 Å². The van der Waals surface area contributed by atoms with Crippen LogP contribution in [0.4, 0.5) is 9.59 Å². The number of amides is 2. The minimum absolute atomic E-state index is 0.349. The summed E-state index contributed by atoms with van der Waals surface area (Å²) in [5.74, 6) is 0. The standard InChI is InChI=1S/C16H28N2O5/c1-15(2,3)22-13(20)18(14(21)23-16(4,5)6)12-7-8-17-11(9-12)10-19/h10-12,17H,7-9H2,1-6H3/t11-,12-/m1/s1. The lowest BCUT2D eigenvalue weighted by Crippen LogP contribution is -2.54. The summed E-state index contributed by atoms with van der Waals surface area (Å²) in [5.41, 5.74) is -1.46. The maximum Gasteiger partial charge on any atom is 0.420 e. The van der Waals surface area contributed by atoms with E-state index >= 15 is 0 Å². The molecule has 0 spiro atoms. The number of nitrogens with zero attached hydrogens (tertiary/aromatic N) is 1. The van der Waals surface area contributed by atoms with E-state index in [0.717, 1.165) is 11.2 Å². The van der Waals surface area contributed by atoms with Crippen LogP contribution in [-0.4, -0.2) is 53.2 Å². The van der Waals surface area contributed by atoms with Crippen LogP contribution in [0.5, 0.6) is 0 Å². The molecule has 1 N–H and O–H groups in total. The van der Waals surface area contributed by atoms with Gasteiger partial charge in [-0.3, -0.25) is 0 Å². The third kappa shape index (κ3) is 6.56. The molecule has 0 aliphatic carbocycles. The molecule has 1 saturated heterocycles. The van der Waals surface area contributed by atoms with Gasteiger partial charge in [-0.2, -0.15) is 0 Å². The van der Waals surface area contributed by atoms with Crippen molar-refractivity contribution in [3.63, 3.8) is 0 Å². The van der Waals surface area contributed by atoms with Gasteiger partial charge in [0, 0.05) is 6.04 Å². The zero-order valence-corrected chi connectivity index (χ0v) is 14.8. The molecule has 23 heavy (non-hydrogen) atoms. The third-order valence-corrected chi connectivity index (χ3v) is 3.12. The largest absolute Gasteiger partial charge is 0.443 e. The highest BCUT2D eigenvalue weighted by Gasteiger charge is 2.38. The van der Waals surface area contributed by atoms with Gasteiger partial charge in [0.1, 0.15) is 17.5 Å². The zero-order chi connectivity index (χ0) is 17.8. The van der Waals surface area contributed by atoms with Crippen molar-refractivity contribution < 1.29 is 23.9 Å². The van der Waals surface area contributed by atoms with Gasteiger partial charge in [0.25, 0.3) is 0 Å². The van der Waals surface area contributed by atoms with Crippen LogP contribution in [0.3, 0.4) is 0 Å². The van der Waals surface area contributed by atoms with Gasteiger partial charge in [-0.25, -0.2) is 14.5 Å². The lowest BCUT2D eigenvalue weighted by Gasteiger charge is -2.36. The molecule has 7 nitrogen and oxygen atoms in total. The molecule has 0 saturated carbocycles. The van der Waals surface area contributed by atoms with Gasteiger partial charge in [0.2, 0.25) is 0 Å². The van der Waals surface area contributed by atoms with Gasteiger partial charge >= 0.3 is 12.2 Å². The average molecular weight is 328 g/mol.